The van der Waals surface area contributed by atoms with E-state index in [9.17, 15) is 0 Å². The first-order valence-electron chi connectivity index (χ1n) is 3.35. The van der Waals surface area contributed by atoms with Gasteiger partial charge in [0.25, 0.3) is 0 Å². The summed E-state index contributed by atoms with van der Waals surface area (Å²) in [6, 6.07) is 0. The zero-order chi connectivity index (χ0) is 6.85. The minimum absolute atomic E-state index is 0.848. The highest BCUT2D eigenvalue weighted by Gasteiger charge is 2.21. The highest BCUT2D eigenvalue weighted by molar-refractivity contribution is 8.21. The molecule has 2 heteroatoms. The second kappa shape index (κ2) is 3.20. The molecular weight excluding hydrogens is 148 g/mol. The number of rotatable bonds is 0. The van der Waals surface area contributed by atoms with Crippen LogP contribution in [0.1, 0.15) is 27.2 Å². The molecule has 0 spiro atoms. The molecule has 0 amide bonds. The molecule has 0 aromatic carbocycles. The standard InChI is InChI=1S/C7H13S2/c1-5-4-6(2)9-7(3)8-5/h5-6H,4H2,1-3H3. The van der Waals surface area contributed by atoms with E-state index in [1.165, 1.54) is 6.42 Å². The maximum absolute atomic E-state index is 2.31. The number of thioether (sulfide) groups is 2. The van der Waals surface area contributed by atoms with Gasteiger partial charge >= 0.3 is 0 Å². The summed E-state index contributed by atoms with van der Waals surface area (Å²) in [5.41, 5.74) is 0. The summed E-state index contributed by atoms with van der Waals surface area (Å²) < 4.78 is 1.54. The van der Waals surface area contributed by atoms with E-state index in [-0.39, 0.29) is 0 Å². The van der Waals surface area contributed by atoms with E-state index >= 15 is 0 Å². The van der Waals surface area contributed by atoms with Crippen molar-refractivity contribution in [1.29, 1.82) is 0 Å². The van der Waals surface area contributed by atoms with Gasteiger partial charge in [0, 0.05) is 10.5 Å². The molecule has 1 fully saturated rings. The lowest BCUT2D eigenvalue weighted by Gasteiger charge is -2.27. The quantitative estimate of drug-likeness (QED) is 0.535. The van der Waals surface area contributed by atoms with Gasteiger partial charge in [-0.3, -0.25) is 0 Å². The van der Waals surface area contributed by atoms with Crippen LogP contribution in [0, 0.1) is 4.58 Å². The lowest BCUT2D eigenvalue weighted by Crippen LogP contribution is -2.13. The normalized spacial score (nSPS) is 39.0. The van der Waals surface area contributed by atoms with Crippen LogP contribution in [0.3, 0.4) is 0 Å². The van der Waals surface area contributed by atoms with E-state index in [4.69, 9.17) is 0 Å². The fourth-order valence-corrected chi connectivity index (χ4v) is 4.39. The van der Waals surface area contributed by atoms with Crippen molar-refractivity contribution in [3.8, 4) is 0 Å². The van der Waals surface area contributed by atoms with Crippen molar-refractivity contribution in [2.45, 2.75) is 37.7 Å². The average molecular weight is 161 g/mol. The zero-order valence-electron chi connectivity index (χ0n) is 6.18. The van der Waals surface area contributed by atoms with Crippen molar-refractivity contribution < 1.29 is 0 Å². The van der Waals surface area contributed by atoms with Crippen molar-refractivity contribution in [2.24, 2.45) is 0 Å². The Morgan fingerprint density at radius 1 is 1.22 bits per heavy atom. The highest BCUT2D eigenvalue weighted by Crippen LogP contribution is 2.44. The first-order chi connectivity index (χ1) is 4.18. The lowest BCUT2D eigenvalue weighted by atomic mass is 10.3. The fraction of sp³-hybridized carbons (Fsp3) is 0.857. The smallest absolute Gasteiger partial charge is 0.0822 e. The minimum atomic E-state index is 0.848. The molecule has 53 valence electrons. The van der Waals surface area contributed by atoms with Gasteiger partial charge in [-0.25, -0.2) is 0 Å². The van der Waals surface area contributed by atoms with Crippen LogP contribution in [0.5, 0.6) is 0 Å². The van der Waals surface area contributed by atoms with Crippen LogP contribution in [0.15, 0.2) is 0 Å². The summed E-state index contributed by atoms with van der Waals surface area (Å²) in [6.45, 7) is 6.84. The summed E-state index contributed by atoms with van der Waals surface area (Å²) in [5.74, 6) is 0. The lowest BCUT2D eigenvalue weighted by molar-refractivity contribution is 0.798. The Balaban J connectivity index is 2.34. The Hall–Kier alpha value is 0.700. The van der Waals surface area contributed by atoms with Gasteiger partial charge in [0.05, 0.1) is 4.58 Å². The molecule has 1 aliphatic rings. The van der Waals surface area contributed by atoms with Crippen molar-refractivity contribution in [1.82, 2.24) is 0 Å². The second-order valence-electron chi connectivity index (χ2n) is 2.58. The van der Waals surface area contributed by atoms with Crippen molar-refractivity contribution in [2.75, 3.05) is 0 Å². The van der Waals surface area contributed by atoms with Crippen molar-refractivity contribution in [3.63, 3.8) is 0 Å². The summed E-state index contributed by atoms with van der Waals surface area (Å²) in [6.07, 6.45) is 1.37. The Morgan fingerprint density at radius 3 is 2.00 bits per heavy atom. The minimum Gasteiger partial charge on any atom is -0.139 e. The zero-order valence-corrected chi connectivity index (χ0v) is 7.81. The van der Waals surface area contributed by atoms with Gasteiger partial charge in [-0.2, -0.15) is 0 Å². The molecule has 1 rings (SSSR count). The van der Waals surface area contributed by atoms with Crippen LogP contribution in [0.2, 0.25) is 0 Å². The van der Waals surface area contributed by atoms with Gasteiger partial charge < -0.3 is 0 Å². The van der Waals surface area contributed by atoms with Crippen LogP contribution in [-0.2, 0) is 0 Å². The van der Waals surface area contributed by atoms with E-state index in [1.54, 1.807) is 4.58 Å². The second-order valence-corrected chi connectivity index (χ2v) is 6.15. The number of hydrogen-bond acceptors (Lipinski definition) is 2. The monoisotopic (exact) mass is 161 g/mol. The molecule has 0 aromatic heterocycles. The van der Waals surface area contributed by atoms with Gasteiger partial charge in [0.15, 0.2) is 0 Å². The summed E-state index contributed by atoms with van der Waals surface area (Å²) in [5, 5.41) is 1.70. The first-order valence-corrected chi connectivity index (χ1v) is 5.11. The van der Waals surface area contributed by atoms with Gasteiger partial charge in [-0.05, 0) is 13.3 Å². The molecule has 0 aliphatic carbocycles. The molecule has 9 heavy (non-hydrogen) atoms. The van der Waals surface area contributed by atoms with E-state index in [0.29, 0.717) is 0 Å². The first kappa shape index (κ1) is 7.80. The molecule has 0 aromatic rings. The largest absolute Gasteiger partial charge is 0.139 e. The molecule has 2 unspecified atom stereocenters. The molecule has 0 bridgehead atoms. The summed E-state index contributed by atoms with van der Waals surface area (Å²) in [4.78, 5) is 0. The highest BCUT2D eigenvalue weighted by atomic mass is 32.2. The van der Waals surface area contributed by atoms with Gasteiger partial charge in [-0.15, -0.1) is 23.5 Å². The van der Waals surface area contributed by atoms with E-state index < -0.39 is 0 Å². The predicted molar refractivity (Wildman–Crippen MR) is 47.6 cm³/mol. The molecular formula is C7H13S2. The van der Waals surface area contributed by atoms with E-state index in [1.807, 2.05) is 23.5 Å². The van der Waals surface area contributed by atoms with Gasteiger partial charge in [0.1, 0.15) is 0 Å². The van der Waals surface area contributed by atoms with Crippen LogP contribution < -0.4 is 0 Å². The van der Waals surface area contributed by atoms with E-state index in [2.05, 4.69) is 20.8 Å². The molecule has 0 nitrogen and oxygen atoms in total. The Morgan fingerprint density at radius 2 is 1.67 bits per heavy atom. The molecule has 1 saturated heterocycles. The Labute approximate surface area is 66.2 Å². The van der Waals surface area contributed by atoms with Crippen LogP contribution in [0.25, 0.3) is 0 Å². The Bertz CT molecular complexity index is 67.9. The predicted octanol–water partition coefficient (Wildman–Crippen LogP) is 3.14. The maximum atomic E-state index is 2.31. The van der Waals surface area contributed by atoms with E-state index in [0.717, 1.165) is 10.5 Å². The molecule has 2 atom stereocenters. The van der Waals surface area contributed by atoms with Crippen LogP contribution in [0.4, 0.5) is 0 Å². The number of hydrogen-bond donors (Lipinski definition) is 0. The molecule has 0 saturated carbocycles. The molecule has 1 aliphatic heterocycles. The van der Waals surface area contributed by atoms with Crippen molar-refractivity contribution >= 4 is 23.5 Å². The van der Waals surface area contributed by atoms with Gasteiger partial charge in [-0.1, -0.05) is 13.8 Å². The third-order valence-electron chi connectivity index (χ3n) is 1.40. The topological polar surface area (TPSA) is 0 Å². The third kappa shape index (κ3) is 2.42. The summed E-state index contributed by atoms with van der Waals surface area (Å²) in [7, 11) is 0. The third-order valence-corrected chi connectivity index (χ3v) is 3.83. The van der Waals surface area contributed by atoms with Crippen LogP contribution in [-0.4, -0.2) is 10.5 Å². The SMILES string of the molecule is C[C]1SC(C)CC(C)S1. The van der Waals surface area contributed by atoms with Crippen molar-refractivity contribution in [3.05, 3.63) is 4.58 Å². The Kier molecular flexibility index (Phi) is 2.77. The molecule has 1 radical (unpaired) electrons. The summed E-state index contributed by atoms with van der Waals surface area (Å²) >= 11 is 4.05. The fourth-order valence-electron chi connectivity index (χ4n) is 1.16. The molecule has 0 N–H and O–H groups in total. The van der Waals surface area contributed by atoms with Gasteiger partial charge in [0.2, 0.25) is 0 Å². The average Bonchev–Trinajstić information content (AvgIpc) is 1.59. The maximum Gasteiger partial charge on any atom is 0.0822 e. The molecule has 1 heterocycles. The van der Waals surface area contributed by atoms with Crippen LogP contribution >= 0.6 is 23.5 Å².